The van der Waals surface area contributed by atoms with Crippen molar-refractivity contribution in [2.75, 3.05) is 13.1 Å². The Bertz CT molecular complexity index is 395. The van der Waals surface area contributed by atoms with E-state index in [0.717, 1.165) is 26.1 Å². The van der Waals surface area contributed by atoms with Gasteiger partial charge in [-0.3, -0.25) is 4.90 Å². The molecule has 4 heteroatoms. The van der Waals surface area contributed by atoms with Crippen LogP contribution in [0.25, 0.3) is 0 Å². The first-order valence-corrected chi connectivity index (χ1v) is 7.59. The van der Waals surface area contributed by atoms with Gasteiger partial charge in [0.05, 0.1) is 18.3 Å². The Morgan fingerprint density at radius 1 is 1.56 bits per heavy atom. The van der Waals surface area contributed by atoms with Gasteiger partial charge in [-0.2, -0.15) is 0 Å². The molecule has 2 unspecified atom stereocenters. The fourth-order valence-corrected chi connectivity index (χ4v) is 3.38. The lowest BCUT2D eigenvalue weighted by Crippen LogP contribution is -2.24. The Balaban J connectivity index is 1.93. The van der Waals surface area contributed by atoms with Crippen LogP contribution in [-0.2, 0) is 12.0 Å². The third-order valence-electron chi connectivity index (χ3n) is 3.67. The second kappa shape index (κ2) is 5.27. The second-order valence-electron chi connectivity index (χ2n) is 6.40. The van der Waals surface area contributed by atoms with Crippen molar-refractivity contribution in [1.29, 1.82) is 0 Å². The lowest BCUT2D eigenvalue weighted by Gasteiger charge is -2.16. The standard InChI is InChI=1S/C14H24N2OS/c1-10(17)11-5-6-16(7-11)8-13-15-12(9-18-13)14(2,3)4/h9-11,17H,5-8H2,1-4H3. The van der Waals surface area contributed by atoms with Crippen molar-refractivity contribution in [2.24, 2.45) is 5.92 Å². The largest absolute Gasteiger partial charge is 0.393 e. The average Bonchev–Trinajstić information content (AvgIpc) is 2.85. The van der Waals surface area contributed by atoms with Crippen LogP contribution >= 0.6 is 11.3 Å². The van der Waals surface area contributed by atoms with E-state index in [4.69, 9.17) is 4.98 Å². The van der Waals surface area contributed by atoms with E-state index in [1.807, 2.05) is 6.92 Å². The molecule has 18 heavy (non-hydrogen) atoms. The number of rotatable bonds is 3. The maximum atomic E-state index is 9.61. The zero-order chi connectivity index (χ0) is 13.3. The second-order valence-corrected chi connectivity index (χ2v) is 7.34. The van der Waals surface area contributed by atoms with Gasteiger partial charge >= 0.3 is 0 Å². The van der Waals surface area contributed by atoms with Gasteiger partial charge in [0, 0.05) is 17.3 Å². The molecule has 0 saturated carbocycles. The first kappa shape index (κ1) is 14.0. The first-order valence-electron chi connectivity index (χ1n) is 6.71. The summed E-state index contributed by atoms with van der Waals surface area (Å²) < 4.78 is 0. The van der Waals surface area contributed by atoms with Gasteiger partial charge in [0.15, 0.2) is 0 Å². The number of aromatic nitrogens is 1. The van der Waals surface area contributed by atoms with E-state index < -0.39 is 0 Å². The molecule has 2 atom stereocenters. The Hall–Kier alpha value is -0.450. The van der Waals surface area contributed by atoms with E-state index in [1.165, 1.54) is 10.7 Å². The number of hydrogen-bond acceptors (Lipinski definition) is 4. The predicted octanol–water partition coefficient (Wildman–Crippen LogP) is 2.64. The van der Waals surface area contributed by atoms with E-state index in [0.29, 0.717) is 5.92 Å². The average molecular weight is 268 g/mol. The molecule has 1 aromatic rings. The van der Waals surface area contributed by atoms with Crippen LogP contribution in [0.5, 0.6) is 0 Å². The minimum atomic E-state index is -0.184. The van der Waals surface area contributed by atoms with Crippen molar-refractivity contribution in [2.45, 2.75) is 52.2 Å². The normalized spacial score (nSPS) is 23.5. The maximum Gasteiger partial charge on any atom is 0.107 e. The summed E-state index contributed by atoms with van der Waals surface area (Å²) in [4.78, 5) is 7.13. The third-order valence-corrected chi connectivity index (χ3v) is 4.50. The van der Waals surface area contributed by atoms with Gasteiger partial charge in [-0.15, -0.1) is 11.3 Å². The van der Waals surface area contributed by atoms with Crippen LogP contribution < -0.4 is 0 Å². The fraction of sp³-hybridized carbons (Fsp3) is 0.786. The topological polar surface area (TPSA) is 36.4 Å². The number of aliphatic hydroxyl groups is 1. The summed E-state index contributed by atoms with van der Waals surface area (Å²) in [6.45, 7) is 11.5. The molecule has 2 heterocycles. The summed E-state index contributed by atoms with van der Waals surface area (Å²) in [7, 11) is 0. The number of thiazole rings is 1. The van der Waals surface area contributed by atoms with Crippen molar-refractivity contribution in [1.82, 2.24) is 9.88 Å². The van der Waals surface area contributed by atoms with Crippen LogP contribution in [0.3, 0.4) is 0 Å². The smallest absolute Gasteiger partial charge is 0.107 e. The van der Waals surface area contributed by atoms with Gasteiger partial charge in [0.1, 0.15) is 5.01 Å². The molecule has 1 aliphatic heterocycles. The van der Waals surface area contributed by atoms with Crippen molar-refractivity contribution >= 4 is 11.3 Å². The third kappa shape index (κ3) is 3.31. The van der Waals surface area contributed by atoms with Gasteiger partial charge < -0.3 is 5.11 Å². The molecule has 2 rings (SSSR count). The Labute approximate surface area is 114 Å². The van der Waals surface area contributed by atoms with Crippen LogP contribution in [0, 0.1) is 5.92 Å². The van der Waals surface area contributed by atoms with Crippen molar-refractivity contribution in [3.05, 3.63) is 16.1 Å². The molecule has 0 bridgehead atoms. The molecule has 3 nitrogen and oxygen atoms in total. The number of hydrogen-bond donors (Lipinski definition) is 1. The summed E-state index contributed by atoms with van der Waals surface area (Å²) in [5.41, 5.74) is 1.33. The highest BCUT2D eigenvalue weighted by Crippen LogP contribution is 2.26. The molecule has 0 spiro atoms. The van der Waals surface area contributed by atoms with E-state index in [1.54, 1.807) is 11.3 Å². The van der Waals surface area contributed by atoms with Gasteiger partial charge in [-0.25, -0.2) is 4.98 Å². The molecular formula is C14H24N2OS. The fourth-order valence-electron chi connectivity index (χ4n) is 2.32. The molecule has 0 aromatic carbocycles. The molecule has 1 N–H and O–H groups in total. The highest BCUT2D eigenvalue weighted by Gasteiger charge is 2.26. The molecule has 1 saturated heterocycles. The summed E-state index contributed by atoms with van der Waals surface area (Å²) >= 11 is 1.76. The highest BCUT2D eigenvalue weighted by atomic mass is 32.1. The molecular weight excluding hydrogens is 244 g/mol. The number of aliphatic hydroxyl groups excluding tert-OH is 1. The van der Waals surface area contributed by atoms with E-state index >= 15 is 0 Å². The monoisotopic (exact) mass is 268 g/mol. The van der Waals surface area contributed by atoms with Crippen LogP contribution in [0.15, 0.2) is 5.38 Å². The van der Waals surface area contributed by atoms with Gasteiger partial charge in [-0.05, 0) is 25.8 Å². The van der Waals surface area contributed by atoms with Crippen molar-refractivity contribution in [3.8, 4) is 0 Å². The summed E-state index contributed by atoms with van der Waals surface area (Å²) in [6, 6.07) is 0. The molecule has 1 aliphatic rings. The summed E-state index contributed by atoms with van der Waals surface area (Å²) in [5.74, 6) is 0.437. The minimum absolute atomic E-state index is 0.141. The summed E-state index contributed by atoms with van der Waals surface area (Å²) in [6.07, 6.45) is 0.922. The van der Waals surface area contributed by atoms with Gasteiger partial charge in [0.2, 0.25) is 0 Å². The molecule has 1 aromatic heterocycles. The van der Waals surface area contributed by atoms with Crippen LogP contribution in [0.2, 0.25) is 0 Å². The van der Waals surface area contributed by atoms with Crippen LogP contribution in [0.1, 0.15) is 44.8 Å². The quantitative estimate of drug-likeness (QED) is 0.915. The summed E-state index contributed by atoms with van der Waals surface area (Å²) in [5, 5.41) is 13.0. The first-order chi connectivity index (χ1) is 8.36. The molecule has 1 fully saturated rings. The number of nitrogens with zero attached hydrogens (tertiary/aromatic N) is 2. The Kier molecular flexibility index (Phi) is 4.09. The van der Waals surface area contributed by atoms with Crippen LogP contribution in [0.4, 0.5) is 0 Å². The zero-order valence-electron chi connectivity index (χ0n) is 11.8. The molecule has 0 amide bonds. The van der Waals surface area contributed by atoms with Gasteiger partial charge in [0.25, 0.3) is 0 Å². The molecule has 0 radical (unpaired) electrons. The SMILES string of the molecule is CC(O)C1CCN(Cc2nc(C(C)(C)C)cs2)C1. The van der Waals surface area contributed by atoms with E-state index in [2.05, 4.69) is 31.1 Å². The lowest BCUT2D eigenvalue weighted by atomic mass is 9.93. The van der Waals surface area contributed by atoms with Crippen LogP contribution in [-0.4, -0.2) is 34.2 Å². The highest BCUT2D eigenvalue weighted by molar-refractivity contribution is 7.09. The Morgan fingerprint density at radius 3 is 2.78 bits per heavy atom. The predicted molar refractivity (Wildman–Crippen MR) is 75.9 cm³/mol. The van der Waals surface area contributed by atoms with Crippen molar-refractivity contribution < 1.29 is 5.11 Å². The van der Waals surface area contributed by atoms with E-state index in [-0.39, 0.29) is 11.5 Å². The Morgan fingerprint density at radius 2 is 2.28 bits per heavy atom. The molecule has 0 aliphatic carbocycles. The zero-order valence-corrected chi connectivity index (χ0v) is 12.6. The lowest BCUT2D eigenvalue weighted by molar-refractivity contribution is 0.127. The maximum absolute atomic E-state index is 9.61. The van der Waals surface area contributed by atoms with Crippen molar-refractivity contribution in [3.63, 3.8) is 0 Å². The number of likely N-dealkylation sites (tertiary alicyclic amines) is 1. The minimum Gasteiger partial charge on any atom is -0.393 e. The van der Waals surface area contributed by atoms with Gasteiger partial charge in [-0.1, -0.05) is 20.8 Å². The molecule has 102 valence electrons. The van der Waals surface area contributed by atoms with E-state index in [9.17, 15) is 5.11 Å².